The zero-order valence-corrected chi connectivity index (χ0v) is 19.5. The van der Waals surface area contributed by atoms with Crippen LogP contribution in [-0.4, -0.2) is 59.8 Å². The standard InChI is InChI=1S/C26H31N5O3/c1-17-23(3-2-12-27-17)31-15-20(16-31)25(33)28-21-6-4-18(5-7-21)19-10-13-30(14-11-19)26(34)22-8-9-24(32)29-22/h2-7,12,19-20,22H,8-11,13-16H2,1H3,(H,28,33)(H,29,32)/t22-/m1/s1. The fraction of sp³-hybridized carbons (Fsp3) is 0.462. The summed E-state index contributed by atoms with van der Waals surface area (Å²) in [6.07, 6.45) is 4.64. The Kier molecular flexibility index (Phi) is 6.22. The number of nitrogens with zero attached hydrogens (tertiary/aromatic N) is 3. The maximum absolute atomic E-state index is 12.7. The van der Waals surface area contributed by atoms with Gasteiger partial charge in [-0.25, -0.2) is 0 Å². The van der Waals surface area contributed by atoms with Crippen LogP contribution >= 0.6 is 0 Å². The van der Waals surface area contributed by atoms with Crippen LogP contribution < -0.4 is 15.5 Å². The summed E-state index contributed by atoms with van der Waals surface area (Å²) in [4.78, 5) is 45.1. The molecule has 178 valence electrons. The van der Waals surface area contributed by atoms with E-state index in [0.29, 0.717) is 44.9 Å². The Morgan fingerprint density at radius 1 is 1.06 bits per heavy atom. The van der Waals surface area contributed by atoms with E-state index in [0.717, 1.165) is 29.9 Å². The summed E-state index contributed by atoms with van der Waals surface area (Å²) in [5.74, 6) is 0.450. The summed E-state index contributed by atoms with van der Waals surface area (Å²) in [6, 6.07) is 11.7. The van der Waals surface area contributed by atoms with E-state index in [1.54, 1.807) is 6.20 Å². The second-order valence-electron chi connectivity index (χ2n) is 9.58. The van der Waals surface area contributed by atoms with Crippen LogP contribution in [0.5, 0.6) is 0 Å². The molecule has 1 aromatic carbocycles. The Bertz CT molecular complexity index is 1070. The van der Waals surface area contributed by atoms with E-state index in [4.69, 9.17) is 0 Å². The molecule has 1 aromatic heterocycles. The molecule has 0 aliphatic carbocycles. The molecule has 3 saturated heterocycles. The number of carbonyl (C=O) groups excluding carboxylic acids is 3. The lowest BCUT2D eigenvalue weighted by molar-refractivity contribution is -0.135. The van der Waals surface area contributed by atoms with Crippen molar-refractivity contribution < 1.29 is 14.4 Å². The Morgan fingerprint density at radius 3 is 2.44 bits per heavy atom. The van der Waals surface area contributed by atoms with Gasteiger partial charge in [-0.15, -0.1) is 0 Å². The molecule has 0 radical (unpaired) electrons. The lowest BCUT2D eigenvalue weighted by atomic mass is 9.89. The van der Waals surface area contributed by atoms with Gasteiger partial charge >= 0.3 is 0 Å². The van der Waals surface area contributed by atoms with Crippen molar-refractivity contribution in [2.45, 2.75) is 44.6 Å². The number of aromatic nitrogens is 1. The molecule has 3 amide bonds. The topological polar surface area (TPSA) is 94.6 Å². The predicted molar refractivity (Wildman–Crippen MR) is 129 cm³/mol. The average Bonchev–Trinajstić information content (AvgIpc) is 3.26. The molecular weight excluding hydrogens is 430 g/mol. The summed E-state index contributed by atoms with van der Waals surface area (Å²) in [7, 11) is 0. The number of rotatable bonds is 5. The van der Waals surface area contributed by atoms with Gasteiger partial charge < -0.3 is 20.4 Å². The van der Waals surface area contributed by atoms with E-state index in [9.17, 15) is 14.4 Å². The highest BCUT2D eigenvalue weighted by molar-refractivity contribution is 5.94. The van der Waals surface area contributed by atoms with Crippen LogP contribution in [0.25, 0.3) is 0 Å². The van der Waals surface area contributed by atoms with Gasteiger partial charge in [0.15, 0.2) is 0 Å². The van der Waals surface area contributed by atoms with Crippen molar-refractivity contribution in [2.75, 3.05) is 36.4 Å². The predicted octanol–water partition coefficient (Wildman–Crippen LogP) is 2.45. The van der Waals surface area contributed by atoms with Crippen LogP contribution in [0.15, 0.2) is 42.6 Å². The van der Waals surface area contributed by atoms with Gasteiger partial charge in [0.25, 0.3) is 0 Å². The summed E-state index contributed by atoms with van der Waals surface area (Å²) < 4.78 is 0. The second-order valence-corrected chi connectivity index (χ2v) is 9.58. The third-order valence-corrected chi connectivity index (χ3v) is 7.32. The number of carbonyl (C=O) groups is 3. The number of piperidine rings is 1. The van der Waals surface area contributed by atoms with Crippen LogP contribution in [0.4, 0.5) is 11.4 Å². The molecule has 3 aliphatic heterocycles. The number of amides is 3. The lowest BCUT2D eigenvalue weighted by Gasteiger charge is -2.40. The van der Waals surface area contributed by atoms with Crippen molar-refractivity contribution in [1.82, 2.24) is 15.2 Å². The monoisotopic (exact) mass is 461 g/mol. The third kappa shape index (κ3) is 4.62. The highest BCUT2D eigenvalue weighted by atomic mass is 16.2. The fourth-order valence-corrected chi connectivity index (χ4v) is 5.19. The maximum Gasteiger partial charge on any atom is 0.245 e. The molecule has 0 unspecified atom stereocenters. The Hall–Kier alpha value is -3.42. The molecule has 8 heteroatoms. The molecule has 3 fully saturated rings. The van der Waals surface area contributed by atoms with Crippen molar-refractivity contribution >= 4 is 29.1 Å². The molecule has 1 atom stereocenters. The fourth-order valence-electron chi connectivity index (χ4n) is 5.19. The molecular formula is C26H31N5O3. The van der Waals surface area contributed by atoms with Crippen molar-refractivity contribution in [1.29, 1.82) is 0 Å². The van der Waals surface area contributed by atoms with E-state index >= 15 is 0 Å². The normalized spacial score (nSPS) is 21.2. The van der Waals surface area contributed by atoms with Crippen LogP contribution in [-0.2, 0) is 14.4 Å². The Labute approximate surface area is 199 Å². The SMILES string of the molecule is Cc1ncccc1N1CC(C(=O)Nc2ccc(C3CCN(C(=O)[C@H]4CCC(=O)N4)CC3)cc2)C1. The number of anilines is 2. The Balaban J connectivity index is 1.09. The van der Waals surface area contributed by atoms with Crippen LogP contribution in [0, 0.1) is 12.8 Å². The second kappa shape index (κ2) is 9.44. The van der Waals surface area contributed by atoms with Crippen LogP contribution in [0.3, 0.4) is 0 Å². The van der Waals surface area contributed by atoms with Crippen molar-refractivity contribution in [2.24, 2.45) is 5.92 Å². The lowest BCUT2D eigenvalue weighted by Crippen LogP contribution is -2.52. The molecule has 8 nitrogen and oxygen atoms in total. The van der Waals surface area contributed by atoms with E-state index in [1.165, 1.54) is 5.56 Å². The van der Waals surface area contributed by atoms with E-state index in [-0.39, 0.29) is 29.7 Å². The zero-order valence-electron chi connectivity index (χ0n) is 19.5. The van der Waals surface area contributed by atoms with Gasteiger partial charge in [-0.2, -0.15) is 0 Å². The minimum absolute atomic E-state index is 0.0224. The number of pyridine rings is 1. The first-order chi connectivity index (χ1) is 16.5. The van der Waals surface area contributed by atoms with Gasteiger partial charge in [-0.05, 0) is 61.9 Å². The highest BCUT2D eigenvalue weighted by Crippen LogP contribution is 2.30. The summed E-state index contributed by atoms with van der Waals surface area (Å²) in [6.45, 7) is 4.82. The van der Waals surface area contributed by atoms with Crippen molar-refractivity contribution in [3.8, 4) is 0 Å². The number of nitrogens with one attached hydrogen (secondary N) is 2. The molecule has 5 rings (SSSR count). The van der Waals surface area contributed by atoms with Gasteiger partial charge in [0.2, 0.25) is 17.7 Å². The molecule has 0 bridgehead atoms. The van der Waals surface area contributed by atoms with E-state index in [2.05, 4.69) is 32.7 Å². The quantitative estimate of drug-likeness (QED) is 0.713. The van der Waals surface area contributed by atoms with Gasteiger partial charge in [0.1, 0.15) is 6.04 Å². The number of likely N-dealkylation sites (tertiary alicyclic amines) is 1. The highest BCUT2D eigenvalue weighted by Gasteiger charge is 2.34. The first kappa shape index (κ1) is 22.4. The maximum atomic E-state index is 12.7. The molecule has 2 N–H and O–H groups in total. The summed E-state index contributed by atoms with van der Waals surface area (Å²) >= 11 is 0. The van der Waals surface area contributed by atoms with Gasteiger partial charge in [-0.1, -0.05) is 12.1 Å². The van der Waals surface area contributed by atoms with Crippen molar-refractivity contribution in [3.05, 3.63) is 53.9 Å². The van der Waals surface area contributed by atoms with Crippen molar-refractivity contribution in [3.63, 3.8) is 0 Å². The summed E-state index contributed by atoms with van der Waals surface area (Å²) in [5, 5.41) is 5.82. The number of hydrogen-bond acceptors (Lipinski definition) is 5. The molecule has 0 spiro atoms. The largest absolute Gasteiger partial charge is 0.368 e. The number of benzene rings is 1. The minimum Gasteiger partial charge on any atom is -0.368 e. The van der Waals surface area contributed by atoms with Gasteiger partial charge in [0, 0.05) is 44.5 Å². The Morgan fingerprint density at radius 2 is 1.79 bits per heavy atom. The third-order valence-electron chi connectivity index (χ3n) is 7.32. The number of hydrogen-bond donors (Lipinski definition) is 2. The minimum atomic E-state index is -0.344. The first-order valence-corrected chi connectivity index (χ1v) is 12.1. The molecule has 2 aromatic rings. The zero-order chi connectivity index (χ0) is 23.7. The smallest absolute Gasteiger partial charge is 0.245 e. The van der Waals surface area contributed by atoms with Crippen LogP contribution in [0.2, 0.25) is 0 Å². The molecule has 34 heavy (non-hydrogen) atoms. The average molecular weight is 462 g/mol. The number of aryl methyl sites for hydroxylation is 1. The first-order valence-electron chi connectivity index (χ1n) is 12.1. The van der Waals surface area contributed by atoms with Gasteiger partial charge in [-0.3, -0.25) is 19.4 Å². The van der Waals surface area contributed by atoms with E-state index in [1.807, 2.05) is 36.1 Å². The molecule has 3 aliphatic rings. The molecule has 0 saturated carbocycles. The van der Waals surface area contributed by atoms with Gasteiger partial charge in [0.05, 0.1) is 17.3 Å². The summed E-state index contributed by atoms with van der Waals surface area (Å²) in [5.41, 5.74) is 4.13. The van der Waals surface area contributed by atoms with Crippen LogP contribution in [0.1, 0.15) is 42.9 Å². The molecule has 4 heterocycles. The van der Waals surface area contributed by atoms with E-state index < -0.39 is 0 Å².